The lowest BCUT2D eigenvalue weighted by atomic mass is 10.1. The monoisotopic (exact) mass is 407 g/mol. The van der Waals surface area contributed by atoms with Crippen LogP contribution in [-0.2, 0) is 6.54 Å². The molecule has 0 radical (unpaired) electrons. The van der Waals surface area contributed by atoms with Gasteiger partial charge in [-0.3, -0.25) is 4.79 Å². The predicted octanol–water partition coefficient (Wildman–Crippen LogP) is 3.54. The smallest absolute Gasteiger partial charge is 0.254 e. The van der Waals surface area contributed by atoms with E-state index in [1.807, 2.05) is 48.9 Å². The van der Waals surface area contributed by atoms with Gasteiger partial charge in [-0.15, -0.1) is 0 Å². The Morgan fingerprint density at radius 1 is 1.17 bits per heavy atom. The zero-order valence-corrected chi connectivity index (χ0v) is 17.6. The SMILES string of the molecule is COc1cc(C(=O)N(C)Cc2c(C)nn(-c3ccccc3)c2C)cc2c1OCCO2. The van der Waals surface area contributed by atoms with E-state index in [0.717, 1.165) is 22.6 Å². The lowest BCUT2D eigenvalue weighted by molar-refractivity contribution is 0.0783. The summed E-state index contributed by atoms with van der Waals surface area (Å²) in [5.74, 6) is 1.44. The molecule has 7 nitrogen and oxygen atoms in total. The molecule has 0 fully saturated rings. The van der Waals surface area contributed by atoms with Gasteiger partial charge in [0.15, 0.2) is 11.5 Å². The van der Waals surface area contributed by atoms with Crippen LogP contribution in [0, 0.1) is 13.8 Å². The Bertz CT molecular complexity index is 1060. The van der Waals surface area contributed by atoms with Gasteiger partial charge in [-0.05, 0) is 38.1 Å². The van der Waals surface area contributed by atoms with Crippen LogP contribution < -0.4 is 14.2 Å². The van der Waals surface area contributed by atoms with Crippen LogP contribution in [0.3, 0.4) is 0 Å². The summed E-state index contributed by atoms with van der Waals surface area (Å²) in [6.45, 7) is 5.34. The average Bonchev–Trinajstić information content (AvgIpc) is 3.06. The lowest BCUT2D eigenvalue weighted by Crippen LogP contribution is -2.27. The molecule has 0 unspecified atom stereocenters. The maximum atomic E-state index is 13.1. The van der Waals surface area contributed by atoms with Gasteiger partial charge in [0, 0.05) is 30.4 Å². The van der Waals surface area contributed by atoms with Crippen molar-refractivity contribution in [2.45, 2.75) is 20.4 Å². The normalized spacial score (nSPS) is 12.5. The van der Waals surface area contributed by atoms with Gasteiger partial charge in [0.05, 0.1) is 18.5 Å². The summed E-state index contributed by atoms with van der Waals surface area (Å²) < 4.78 is 18.6. The second-order valence-corrected chi connectivity index (χ2v) is 7.26. The van der Waals surface area contributed by atoms with E-state index in [9.17, 15) is 4.79 Å². The van der Waals surface area contributed by atoms with E-state index in [2.05, 4.69) is 5.10 Å². The van der Waals surface area contributed by atoms with Crippen molar-refractivity contribution in [2.75, 3.05) is 27.4 Å². The van der Waals surface area contributed by atoms with Crippen LogP contribution in [0.15, 0.2) is 42.5 Å². The number of fused-ring (bicyclic) bond motifs is 1. The Balaban J connectivity index is 1.60. The molecule has 2 aromatic carbocycles. The van der Waals surface area contributed by atoms with Crippen LogP contribution >= 0.6 is 0 Å². The van der Waals surface area contributed by atoms with E-state index in [4.69, 9.17) is 14.2 Å². The minimum atomic E-state index is -0.128. The summed E-state index contributed by atoms with van der Waals surface area (Å²) in [4.78, 5) is 14.8. The number of rotatable bonds is 5. The molecule has 0 aliphatic carbocycles. The molecule has 0 bridgehead atoms. The highest BCUT2D eigenvalue weighted by molar-refractivity contribution is 5.95. The Morgan fingerprint density at radius 2 is 1.90 bits per heavy atom. The second-order valence-electron chi connectivity index (χ2n) is 7.26. The molecule has 1 amide bonds. The zero-order valence-electron chi connectivity index (χ0n) is 17.6. The van der Waals surface area contributed by atoms with Crippen LogP contribution in [0.2, 0.25) is 0 Å². The third-order valence-electron chi connectivity index (χ3n) is 5.26. The third kappa shape index (κ3) is 3.58. The van der Waals surface area contributed by atoms with Gasteiger partial charge in [0.1, 0.15) is 13.2 Å². The highest BCUT2D eigenvalue weighted by Gasteiger charge is 2.23. The van der Waals surface area contributed by atoms with E-state index < -0.39 is 0 Å². The van der Waals surface area contributed by atoms with E-state index in [1.54, 1.807) is 31.2 Å². The number of ether oxygens (including phenoxy) is 3. The topological polar surface area (TPSA) is 65.8 Å². The quantitative estimate of drug-likeness (QED) is 0.647. The molecular weight excluding hydrogens is 382 g/mol. The summed E-state index contributed by atoms with van der Waals surface area (Å²) in [5, 5.41) is 4.67. The first-order valence-electron chi connectivity index (χ1n) is 9.83. The molecular formula is C23H25N3O4. The van der Waals surface area contributed by atoms with Crippen molar-refractivity contribution in [1.29, 1.82) is 0 Å². The highest BCUT2D eigenvalue weighted by atomic mass is 16.6. The number of carbonyl (C=O) groups is 1. The maximum absolute atomic E-state index is 13.1. The van der Waals surface area contributed by atoms with Gasteiger partial charge in [0.25, 0.3) is 5.91 Å². The van der Waals surface area contributed by atoms with E-state index in [0.29, 0.717) is 42.6 Å². The fraction of sp³-hybridized carbons (Fsp3) is 0.304. The van der Waals surface area contributed by atoms with Crippen molar-refractivity contribution in [3.63, 3.8) is 0 Å². The maximum Gasteiger partial charge on any atom is 0.254 e. The summed E-state index contributed by atoms with van der Waals surface area (Å²) in [6.07, 6.45) is 0. The summed E-state index contributed by atoms with van der Waals surface area (Å²) >= 11 is 0. The summed E-state index contributed by atoms with van der Waals surface area (Å²) in [6, 6.07) is 13.4. The molecule has 2 heterocycles. The van der Waals surface area contributed by atoms with Crippen molar-refractivity contribution in [2.24, 2.45) is 0 Å². The molecule has 0 saturated heterocycles. The van der Waals surface area contributed by atoms with E-state index in [1.165, 1.54) is 0 Å². The van der Waals surface area contributed by atoms with Crippen molar-refractivity contribution < 1.29 is 19.0 Å². The number of aryl methyl sites for hydroxylation is 1. The molecule has 1 aliphatic rings. The number of hydrogen-bond donors (Lipinski definition) is 0. The van der Waals surface area contributed by atoms with E-state index >= 15 is 0 Å². The fourth-order valence-electron chi connectivity index (χ4n) is 3.65. The van der Waals surface area contributed by atoms with Crippen molar-refractivity contribution in [3.05, 3.63) is 65.0 Å². The molecule has 156 valence electrons. The Kier molecular flexibility index (Phi) is 5.35. The molecule has 4 rings (SSSR count). The Labute approximate surface area is 175 Å². The predicted molar refractivity (Wildman–Crippen MR) is 113 cm³/mol. The van der Waals surface area contributed by atoms with Gasteiger partial charge in [-0.1, -0.05) is 18.2 Å². The van der Waals surface area contributed by atoms with Crippen molar-refractivity contribution in [3.8, 4) is 22.9 Å². The summed E-state index contributed by atoms with van der Waals surface area (Å²) in [5.41, 5.74) is 4.42. The minimum Gasteiger partial charge on any atom is -0.493 e. The molecule has 0 saturated carbocycles. The number of nitrogens with zero attached hydrogens (tertiary/aromatic N) is 3. The number of hydrogen-bond acceptors (Lipinski definition) is 5. The molecule has 7 heteroatoms. The molecule has 0 N–H and O–H groups in total. The Morgan fingerprint density at radius 3 is 2.63 bits per heavy atom. The number of benzene rings is 2. The molecule has 1 aliphatic heterocycles. The van der Waals surface area contributed by atoms with Crippen molar-refractivity contribution >= 4 is 5.91 Å². The summed E-state index contributed by atoms with van der Waals surface area (Å²) in [7, 11) is 3.33. The minimum absolute atomic E-state index is 0.128. The van der Waals surface area contributed by atoms with Gasteiger partial charge in [-0.2, -0.15) is 5.10 Å². The van der Waals surface area contributed by atoms with Gasteiger partial charge in [0.2, 0.25) is 5.75 Å². The molecule has 0 spiro atoms. The zero-order chi connectivity index (χ0) is 21.3. The molecule has 3 aromatic rings. The number of carbonyl (C=O) groups excluding carboxylic acids is 1. The standard InChI is InChI=1S/C23H25N3O4/c1-15-19(16(2)26(24-15)18-8-6-5-7-9-18)14-25(3)23(27)17-12-20(28-4)22-21(13-17)29-10-11-30-22/h5-9,12-13H,10-11,14H2,1-4H3. The van der Waals surface area contributed by atoms with Crippen LogP contribution in [0.5, 0.6) is 17.2 Å². The van der Waals surface area contributed by atoms with Crippen LogP contribution in [0.4, 0.5) is 0 Å². The molecule has 0 atom stereocenters. The molecule has 1 aromatic heterocycles. The second kappa shape index (κ2) is 8.10. The number of methoxy groups -OCH3 is 1. The number of aromatic nitrogens is 2. The largest absolute Gasteiger partial charge is 0.493 e. The van der Waals surface area contributed by atoms with Gasteiger partial charge in [-0.25, -0.2) is 4.68 Å². The van der Waals surface area contributed by atoms with Crippen LogP contribution in [-0.4, -0.2) is 48.0 Å². The number of para-hydroxylation sites is 1. The van der Waals surface area contributed by atoms with Gasteiger partial charge < -0.3 is 19.1 Å². The van der Waals surface area contributed by atoms with Gasteiger partial charge >= 0.3 is 0 Å². The fourth-order valence-corrected chi connectivity index (χ4v) is 3.65. The Hall–Kier alpha value is -3.48. The van der Waals surface area contributed by atoms with E-state index in [-0.39, 0.29) is 5.91 Å². The van der Waals surface area contributed by atoms with Crippen LogP contribution in [0.25, 0.3) is 5.69 Å². The van der Waals surface area contributed by atoms with Crippen molar-refractivity contribution in [1.82, 2.24) is 14.7 Å². The first kappa shape index (κ1) is 19.8. The average molecular weight is 407 g/mol. The first-order chi connectivity index (χ1) is 14.5. The third-order valence-corrected chi connectivity index (χ3v) is 5.26. The highest BCUT2D eigenvalue weighted by Crippen LogP contribution is 2.40. The number of amides is 1. The first-order valence-corrected chi connectivity index (χ1v) is 9.83. The molecule has 30 heavy (non-hydrogen) atoms. The van der Waals surface area contributed by atoms with Crippen LogP contribution in [0.1, 0.15) is 27.3 Å². The lowest BCUT2D eigenvalue weighted by Gasteiger charge is -2.23.